The van der Waals surface area contributed by atoms with E-state index in [1.165, 1.54) is 5.56 Å². The Morgan fingerprint density at radius 3 is 2.75 bits per heavy atom. The lowest BCUT2D eigenvalue weighted by Crippen LogP contribution is -1.81. The van der Waals surface area contributed by atoms with Crippen LogP contribution in [0.4, 0.5) is 0 Å². The van der Waals surface area contributed by atoms with Crippen molar-refractivity contribution in [2.24, 2.45) is 5.11 Å². The lowest BCUT2D eigenvalue weighted by molar-refractivity contribution is 0.975. The Morgan fingerprint density at radius 2 is 2.08 bits per heavy atom. The molecule has 0 N–H and O–H groups in total. The van der Waals surface area contributed by atoms with Gasteiger partial charge in [0.2, 0.25) is 0 Å². The van der Waals surface area contributed by atoms with Gasteiger partial charge in [-0.05, 0) is 23.4 Å². The third-order valence-corrected chi connectivity index (χ3v) is 2.18. The highest BCUT2D eigenvalue weighted by Gasteiger charge is 2.37. The summed E-state index contributed by atoms with van der Waals surface area (Å²) in [4.78, 5) is 2.80. The number of hydrogen-bond donors (Lipinski definition) is 0. The van der Waals surface area contributed by atoms with Crippen LogP contribution in [-0.4, -0.2) is 6.04 Å². The van der Waals surface area contributed by atoms with Gasteiger partial charge in [0, 0.05) is 11.0 Å². The summed E-state index contributed by atoms with van der Waals surface area (Å²) in [6, 6.07) is 10.4. The number of azide groups is 1. The van der Waals surface area contributed by atoms with Crippen LogP contribution in [-0.2, 0) is 0 Å². The van der Waals surface area contributed by atoms with Crippen LogP contribution >= 0.6 is 0 Å². The predicted molar refractivity (Wildman–Crippen MR) is 46.7 cm³/mol. The van der Waals surface area contributed by atoms with E-state index in [1.54, 1.807) is 0 Å². The van der Waals surface area contributed by atoms with E-state index < -0.39 is 0 Å². The first-order valence-corrected chi connectivity index (χ1v) is 4.01. The van der Waals surface area contributed by atoms with Gasteiger partial charge in [-0.1, -0.05) is 35.4 Å². The summed E-state index contributed by atoms with van der Waals surface area (Å²) in [5, 5.41) is 3.67. The van der Waals surface area contributed by atoms with Crippen LogP contribution in [0.2, 0.25) is 0 Å². The monoisotopic (exact) mass is 159 g/mol. The Bertz CT molecular complexity index is 314. The summed E-state index contributed by atoms with van der Waals surface area (Å²) in [7, 11) is 0. The molecule has 1 aromatic carbocycles. The van der Waals surface area contributed by atoms with Gasteiger partial charge in [0.1, 0.15) is 0 Å². The second-order valence-electron chi connectivity index (χ2n) is 3.03. The largest absolute Gasteiger partial charge is 0.0900 e. The summed E-state index contributed by atoms with van der Waals surface area (Å²) in [5.74, 6) is 0.474. The molecule has 2 atom stereocenters. The molecule has 3 nitrogen and oxygen atoms in total. The lowest BCUT2D eigenvalue weighted by Gasteiger charge is -1.94. The third-order valence-electron chi connectivity index (χ3n) is 2.18. The van der Waals surface area contributed by atoms with Crippen LogP contribution in [0.25, 0.3) is 10.4 Å². The van der Waals surface area contributed by atoms with Crippen molar-refractivity contribution in [2.45, 2.75) is 18.4 Å². The van der Waals surface area contributed by atoms with Crippen molar-refractivity contribution >= 4 is 0 Å². The second kappa shape index (κ2) is 2.88. The highest BCUT2D eigenvalue weighted by molar-refractivity contribution is 5.27. The summed E-state index contributed by atoms with van der Waals surface area (Å²) < 4.78 is 0. The molecule has 3 heteroatoms. The van der Waals surface area contributed by atoms with Gasteiger partial charge in [-0.15, -0.1) is 0 Å². The molecular formula is C9H9N3. The molecule has 1 fully saturated rings. The van der Waals surface area contributed by atoms with Crippen LogP contribution in [0.15, 0.2) is 35.4 Å². The molecule has 0 bridgehead atoms. The molecule has 12 heavy (non-hydrogen) atoms. The fraction of sp³-hybridized carbons (Fsp3) is 0.333. The van der Waals surface area contributed by atoms with Gasteiger partial charge in [0.25, 0.3) is 0 Å². The van der Waals surface area contributed by atoms with Crippen LogP contribution in [0, 0.1) is 0 Å². The first-order chi connectivity index (χ1) is 5.92. The molecular weight excluding hydrogens is 150 g/mol. The Hall–Kier alpha value is -1.47. The van der Waals surface area contributed by atoms with Gasteiger partial charge in [-0.2, -0.15) is 0 Å². The van der Waals surface area contributed by atoms with E-state index in [0.29, 0.717) is 5.92 Å². The Balaban J connectivity index is 2.11. The summed E-state index contributed by atoms with van der Waals surface area (Å²) in [6.45, 7) is 0. The van der Waals surface area contributed by atoms with E-state index in [-0.39, 0.29) is 6.04 Å². The smallest absolute Gasteiger partial charge is 0.0448 e. The molecule has 0 spiro atoms. The molecule has 0 radical (unpaired) electrons. The van der Waals surface area contributed by atoms with E-state index in [9.17, 15) is 0 Å². The number of nitrogens with zero attached hydrogens (tertiary/aromatic N) is 3. The third kappa shape index (κ3) is 1.27. The standard InChI is InChI=1S/C9H9N3/c10-12-11-9-6-8(9)7-4-2-1-3-5-7/h1-5,8-9H,6H2/t8-,9+/m0/s1. The summed E-state index contributed by atoms with van der Waals surface area (Å²) in [5.41, 5.74) is 9.49. The van der Waals surface area contributed by atoms with Crippen molar-refractivity contribution in [1.29, 1.82) is 0 Å². The average molecular weight is 159 g/mol. The average Bonchev–Trinajstić information content (AvgIpc) is 2.87. The highest BCUT2D eigenvalue weighted by atomic mass is 15.2. The zero-order chi connectivity index (χ0) is 8.39. The van der Waals surface area contributed by atoms with Gasteiger partial charge in [-0.25, -0.2) is 0 Å². The van der Waals surface area contributed by atoms with Crippen molar-refractivity contribution in [2.75, 3.05) is 0 Å². The molecule has 0 aromatic heterocycles. The molecule has 0 unspecified atom stereocenters. The topological polar surface area (TPSA) is 48.8 Å². The van der Waals surface area contributed by atoms with E-state index in [2.05, 4.69) is 22.2 Å². The minimum Gasteiger partial charge on any atom is -0.0900 e. The van der Waals surface area contributed by atoms with Crippen molar-refractivity contribution in [3.63, 3.8) is 0 Å². The zero-order valence-electron chi connectivity index (χ0n) is 6.59. The van der Waals surface area contributed by atoms with Crippen molar-refractivity contribution in [3.8, 4) is 0 Å². The lowest BCUT2D eigenvalue weighted by atomic mass is 10.1. The Labute approximate surface area is 70.7 Å². The predicted octanol–water partition coefficient (Wildman–Crippen LogP) is 2.85. The first kappa shape index (κ1) is 7.19. The van der Waals surface area contributed by atoms with Crippen LogP contribution in [0.5, 0.6) is 0 Å². The van der Waals surface area contributed by atoms with E-state index in [0.717, 1.165) is 6.42 Å². The fourth-order valence-electron chi connectivity index (χ4n) is 1.43. The molecule has 1 aromatic rings. The van der Waals surface area contributed by atoms with Gasteiger partial charge < -0.3 is 0 Å². The first-order valence-electron chi connectivity index (χ1n) is 4.01. The SMILES string of the molecule is [N-]=[N+]=N[C@@H]1C[C@H]1c1ccccc1. The summed E-state index contributed by atoms with van der Waals surface area (Å²) >= 11 is 0. The van der Waals surface area contributed by atoms with E-state index in [1.807, 2.05) is 18.2 Å². The minimum atomic E-state index is 0.206. The molecule has 60 valence electrons. The molecule has 0 amide bonds. The zero-order valence-corrected chi connectivity index (χ0v) is 6.59. The normalized spacial score (nSPS) is 26.0. The van der Waals surface area contributed by atoms with Crippen LogP contribution < -0.4 is 0 Å². The number of hydrogen-bond acceptors (Lipinski definition) is 1. The van der Waals surface area contributed by atoms with Crippen molar-refractivity contribution < 1.29 is 0 Å². The van der Waals surface area contributed by atoms with E-state index in [4.69, 9.17) is 5.53 Å². The van der Waals surface area contributed by atoms with Gasteiger partial charge >= 0.3 is 0 Å². The van der Waals surface area contributed by atoms with Crippen molar-refractivity contribution in [3.05, 3.63) is 46.3 Å². The number of rotatable bonds is 2. The highest BCUT2D eigenvalue weighted by Crippen LogP contribution is 2.43. The molecule has 0 aliphatic heterocycles. The molecule has 1 aliphatic rings. The molecule has 0 saturated heterocycles. The maximum atomic E-state index is 8.20. The van der Waals surface area contributed by atoms with Gasteiger partial charge in [0.15, 0.2) is 0 Å². The van der Waals surface area contributed by atoms with Crippen molar-refractivity contribution in [1.82, 2.24) is 0 Å². The molecule has 0 heterocycles. The van der Waals surface area contributed by atoms with Crippen LogP contribution in [0.1, 0.15) is 17.9 Å². The van der Waals surface area contributed by atoms with E-state index >= 15 is 0 Å². The molecule has 2 rings (SSSR count). The maximum absolute atomic E-state index is 8.20. The Kier molecular flexibility index (Phi) is 1.72. The van der Waals surface area contributed by atoms with Gasteiger partial charge in [0.05, 0.1) is 0 Å². The van der Waals surface area contributed by atoms with Gasteiger partial charge in [-0.3, -0.25) is 0 Å². The fourth-order valence-corrected chi connectivity index (χ4v) is 1.43. The summed E-state index contributed by atoms with van der Waals surface area (Å²) in [6.07, 6.45) is 1.01. The van der Waals surface area contributed by atoms with Crippen LogP contribution in [0.3, 0.4) is 0 Å². The Morgan fingerprint density at radius 1 is 1.33 bits per heavy atom. The number of benzene rings is 1. The molecule has 1 saturated carbocycles. The maximum Gasteiger partial charge on any atom is 0.0448 e. The molecule has 1 aliphatic carbocycles. The second-order valence-corrected chi connectivity index (χ2v) is 3.03. The quantitative estimate of drug-likeness (QED) is 0.362. The minimum absolute atomic E-state index is 0.206.